The van der Waals surface area contributed by atoms with Gasteiger partial charge in [0.15, 0.2) is 0 Å². The van der Waals surface area contributed by atoms with E-state index in [9.17, 15) is 10.1 Å². The summed E-state index contributed by atoms with van der Waals surface area (Å²) >= 11 is 0. The third kappa shape index (κ3) is 3.01. The van der Waals surface area contributed by atoms with E-state index in [-0.39, 0.29) is 10.6 Å². The van der Waals surface area contributed by atoms with Crippen LogP contribution in [0.25, 0.3) is 0 Å². The molecule has 2 N–H and O–H groups in total. The third-order valence-electron chi connectivity index (χ3n) is 4.10. The molecule has 0 aliphatic carbocycles. The summed E-state index contributed by atoms with van der Waals surface area (Å²) in [5.41, 5.74) is 6.70. The smallest absolute Gasteiger partial charge is 0.275 e. The minimum Gasteiger partial charge on any atom is -0.496 e. The molecule has 0 aromatic heterocycles. The fraction of sp³-hybridized carbons (Fsp3) is 0.571. The number of anilines is 1. The van der Waals surface area contributed by atoms with Crippen LogP contribution >= 0.6 is 0 Å². The highest BCUT2D eigenvalue weighted by molar-refractivity contribution is 5.58. The van der Waals surface area contributed by atoms with Crippen molar-refractivity contribution in [3.05, 3.63) is 28.3 Å². The van der Waals surface area contributed by atoms with Gasteiger partial charge in [0, 0.05) is 30.9 Å². The van der Waals surface area contributed by atoms with Crippen LogP contribution in [-0.4, -0.2) is 31.7 Å². The number of hydrogen-bond donors (Lipinski definition) is 1. The molecule has 2 unspecified atom stereocenters. The van der Waals surface area contributed by atoms with Crippen molar-refractivity contribution >= 4 is 11.4 Å². The van der Waals surface area contributed by atoms with Crippen LogP contribution in [-0.2, 0) is 0 Å². The summed E-state index contributed by atoms with van der Waals surface area (Å²) in [4.78, 5) is 12.8. The molecule has 110 valence electrons. The molecule has 6 heteroatoms. The van der Waals surface area contributed by atoms with E-state index >= 15 is 0 Å². The van der Waals surface area contributed by atoms with E-state index in [1.165, 1.54) is 13.2 Å². The Balaban J connectivity index is 2.27. The number of piperidine rings is 1. The molecule has 1 saturated heterocycles. The van der Waals surface area contributed by atoms with Gasteiger partial charge >= 0.3 is 0 Å². The lowest BCUT2D eigenvalue weighted by Gasteiger charge is -2.38. The maximum absolute atomic E-state index is 11.0. The van der Waals surface area contributed by atoms with Crippen LogP contribution in [0.1, 0.15) is 13.3 Å². The zero-order chi connectivity index (χ0) is 14.7. The molecular weight excluding hydrogens is 258 g/mol. The van der Waals surface area contributed by atoms with Crippen molar-refractivity contribution in [3.63, 3.8) is 0 Å². The first-order valence-electron chi connectivity index (χ1n) is 6.83. The Morgan fingerprint density at radius 2 is 2.25 bits per heavy atom. The predicted octanol–water partition coefficient (Wildman–Crippen LogP) is 2.02. The molecule has 1 aromatic rings. The number of rotatable bonds is 4. The molecule has 0 saturated carbocycles. The van der Waals surface area contributed by atoms with Crippen LogP contribution in [0.2, 0.25) is 0 Å². The molecule has 2 atom stereocenters. The lowest BCUT2D eigenvalue weighted by atomic mass is 9.87. The first-order chi connectivity index (χ1) is 9.55. The highest BCUT2D eigenvalue weighted by Crippen LogP contribution is 2.32. The van der Waals surface area contributed by atoms with Gasteiger partial charge in [0.25, 0.3) is 5.69 Å². The van der Waals surface area contributed by atoms with Gasteiger partial charge < -0.3 is 15.4 Å². The van der Waals surface area contributed by atoms with Crippen molar-refractivity contribution in [1.29, 1.82) is 0 Å². The van der Waals surface area contributed by atoms with Crippen LogP contribution < -0.4 is 15.4 Å². The third-order valence-corrected chi connectivity index (χ3v) is 4.10. The Kier molecular flexibility index (Phi) is 4.44. The molecule has 0 radical (unpaired) electrons. The minimum absolute atomic E-state index is 0.0577. The van der Waals surface area contributed by atoms with Crippen LogP contribution in [0.5, 0.6) is 5.75 Å². The number of ether oxygens (including phenoxy) is 1. The van der Waals surface area contributed by atoms with Gasteiger partial charge in [-0.15, -0.1) is 0 Å². The van der Waals surface area contributed by atoms with Gasteiger partial charge in [0.2, 0.25) is 0 Å². The van der Waals surface area contributed by atoms with Crippen molar-refractivity contribution in [2.24, 2.45) is 17.6 Å². The van der Waals surface area contributed by atoms with Gasteiger partial charge in [0.05, 0.1) is 18.1 Å². The fourth-order valence-corrected chi connectivity index (χ4v) is 2.66. The summed E-state index contributed by atoms with van der Waals surface area (Å²) < 4.78 is 5.15. The highest BCUT2D eigenvalue weighted by Gasteiger charge is 2.26. The molecule has 6 nitrogen and oxygen atoms in total. The zero-order valence-electron chi connectivity index (χ0n) is 11.9. The second-order valence-corrected chi connectivity index (χ2v) is 5.35. The van der Waals surface area contributed by atoms with Crippen molar-refractivity contribution in [2.75, 3.05) is 31.6 Å². The first kappa shape index (κ1) is 14.6. The molecule has 1 heterocycles. The van der Waals surface area contributed by atoms with Crippen molar-refractivity contribution in [3.8, 4) is 5.75 Å². The van der Waals surface area contributed by atoms with Crippen molar-refractivity contribution < 1.29 is 9.66 Å². The molecule has 0 spiro atoms. The second kappa shape index (κ2) is 6.09. The quantitative estimate of drug-likeness (QED) is 0.673. The summed E-state index contributed by atoms with van der Waals surface area (Å²) in [6, 6.07) is 4.89. The molecule has 20 heavy (non-hydrogen) atoms. The summed E-state index contributed by atoms with van der Waals surface area (Å²) in [5.74, 6) is 1.53. The van der Waals surface area contributed by atoms with Crippen LogP contribution in [0.3, 0.4) is 0 Å². The lowest BCUT2D eigenvalue weighted by molar-refractivity contribution is -0.384. The largest absolute Gasteiger partial charge is 0.496 e. The SMILES string of the molecule is COc1cc(N2CCC(C)C(CN)C2)cc([N+](=O)[O-])c1. The molecule has 1 fully saturated rings. The topological polar surface area (TPSA) is 81.6 Å². The predicted molar refractivity (Wildman–Crippen MR) is 78.2 cm³/mol. The lowest BCUT2D eigenvalue weighted by Crippen LogP contribution is -2.42. The van der Waals surface area contributed by atoms with E-state index in [0.717, 1.165) is 25.2 Å². The van der Waals surface area contributed by atoms with E-state index in [1.54, 1.807) is 6.07 Å². The first-order valence-corrected chi connectivity index (χ1v) is 6.83. The van der Waals surface area contributed by atoms with Crippen molar-refractivity contribution in [1.82, 2.24) is 0 Å². The summed E-state index contributed by atoms with van der Waals surface area (Å²) in [5, 5.41) is 11.0. The molecule has 0 bridgehead atoms. The van der Waals surface area contributed by atoms with E-state index in [0.29, 0.717) is 24.1 Å². The monoisotopic (exact) mass is 279 g/mol. The minimum atomic E-state index is -0.390. The van der Waals surface area contributed by atoms with Gasteiger partial charge in [-0.05, 0) is 24.8 Å². The summed E-state index contributed by atoms with van der Waals surface area (Å²) in [6.45, 7) is 4.58. The molecular formula is C14H21N3O3. The highest BCUT2D eigenvalue weighted by atomic mass is 16.6. The van der Waals surface area contributed by atoms with Gasteiger partial charge in [-0.25, -0.2) is 0 Å². The molecule has 1 aromatic carbocycles. The zero-order valence-corrected chi connectivity index (χ0v) is 11.9. The molecule has 2 rings (SSSR count). The average Bonchev–Trinajstić information content (AvgIpc) is 2.47. The van der Waals surface area contributed by atoms with Crippen LogP contribution in [0.15, 0.2) is 18.2 Å². The number of nitrogens with zero attached hydrogens (tertiary/aromatic N) is 2. The molecule has 1 aliphatic rings. The maximum atomic E-state index is 11.0. The second-order valence-electron chi connectivity index (χ2n) is 5.35. The maximum Gasteiger partial charge on any atom is 0.275 e. The normalized spacial score (nSPS) is 22.6. The Hall–Kier alpha value is -1.82. The fourth-order valence-electron chi connectivity index (χ4n) is 2.66. The van der Waals surface area contributed by atoms with E-state index in [1.807, 2.05) is 6.07 Å². The van der Waals surface area contributed by atoms with Gasteiger partial charge in [0.1, 0.15) is 5.75 Å². The van der Waals surface area contributed by atoms with E-state index in [2.05, 4.69) is 11.8 Å². The number of nitro groups is 1. The Morgan fingerprint density at radius 3 is 2.85 bits per heavy atom. The van der Waals surface area contributed by atoms with Crippen LogP contribution in [0, 0.1) is 22.0 Å². The standard InChI is InChI=1S/C14H21N3O3/c1-10-3-4-16(9-11(10)8-15)12-5-13(17(18)19)7-14(6-12)20-2/h5-7,10-11H,3-4,8-9,15H2,1-2H3. The van der Waals surface area contributed by atoms with Crippen LogP contribution in [0.4, 0.5) is 11.4 Å². The number of non-ortho nitro benzene ring substituents is 1. The Labute approximate surface area is 118 Å². The summed E-state index contributed by atoms with van der Waals surface area (Å²) in [6.07, 6.45) is 1.05. The number of nitro benzene ring substituents is 1. The Morgan fingerprint density at radius 1 is 1.50 bits per heavy atom. The van der Waals surface area contributed by atoms with Gasteiger partial charge in [-0.3, -0.25) is 10.1 Å². The van der Waals surface area contributed by atoms with Gasteiger partial charge in [-0.1, -0.05) is 6.92 Å². The number of benzene rings is 1. The van der Waals surface area contributed by atoms with E-state index < -0.39 is 0 Å². The van der Waals surface area contributed by atoms with Gasteiger partial charge in [-0.2, -0.15) is 0 Å². The summed E-state index contributed by atoms with van der Waals surface area (Å²) in [7, 11) is 1.52. The van der Waals surface area contributed by atoms with E-state index in [4.69, 9.17) is 10.5 Å². The van der Waals surface area contributed by atoms with Crippen molar-refractivity contribution in [2.45, 2.75) is 13.3 Å². The molecule has 0 amide bonds. The number of hydrogen-bond acceptors (Lipinski definition) is 5. The number of methoxy groups -OCH3 is 1. The average molecular weight is 279 g/mol. The Bertz CT molecular complexity index is 493. The number of nitrogens with two attached hydrogens (primary N) is 1. The molecule has 1 aliphatic heterocycles.